The van der Waals surface area contributed by atoms with E-state index in [1.165, 1.54) is 5.56 Å². The summed E-state index contributed by atoms with van der Waals surface area (Å²) >= 11 is 0. The molecule has 2 aromatic carbocycles. The van der Waals surface area contributed by atoms with Gasteiger partial charge >= 0.3 is 0 Å². The number of ether oxygens (including phenoxy) is 2. The minimum atomic E-state index is 0.189. The Balaban J connectivity index is 0.000000281. The Labute approximate surface area is 168 Å². The molecule has 1 saturated heterocycles. The van der Waals surface area contributed by atoms with Crippen LogP contribution in [-0.4, -0.2) is 55.7 Å². The molecule has 3 rings (SSSR count). The number of rotatable bonds is 5. The average Bonchev–Trinajstić information content (AvgIpc) is 2.72. The van der Waals surface area contributed by atoms with Gasteiger partial charge in [-0.25, -0.2) is 0 Å². The molecule has 1 heterocycles. The van der Waals surface area contributed by atoms with Gasteiger partial charge in [0.25, 0.3) is 0 Å². The van der Waals surface area contributed by atoms with Gasteiger partial charge in [0.15, 0.2) is 0 Å². The van der Waals surface area contributed by atoms with E-state index in [1.807, 2.05) is 26.0 Å². The number of hydrogen-bond donors (Lipinski definition) is 1. The molecule has 1 N–H and O–H groups in total. The molecule has 1 atom stereocenters. The highest BCUT2D eigenvalue weighted by molar-refractivity contribution is 5.57. The first-order valence-electron chi connectivity index (χ1n) is 9.78. The van der Waals surface area contributed by atoms with Gasteiger partial charge in [-0.1, -0.05) is 49.7 Å². The van der Waals surface area contributed by atoms with Crippen LogP contribution in [0, 0.1) is 6.92 Å². The largest absolute Gasteiger partial charge is 0.508 e. The Hall–Kier alpha value is -2.37. The number of aromatic hydroxyl groups is 1. The molecule has 0 aliphatic carbocycles. The van der Waals surface area contributed by atoms with Crippen LogP contribution in [-0.2, 0) is 16.0 Å². The highest BCUT2D eigenvalue weighted by Gasteiger charge is 2.17. The molecule has 1 aliphatic rings. The lowest BCUT2D eigenvalue weighted by Gasteiger charge is -2.29. The summed E-state index contributed by atoms with van der Waals surface area (Å²) in [5.41, 5.74) is 1.93. The minimum absolute atomic E-state index is 0.189. The fraction of sp³-hybridized carbons (Fsp3) is 0.435. The number of carbonyl (C=O) groups excluding carboxylic acids is 1. The van der Waals surface area contributed by atoms with Gasteiger partial charge in [0.1, 0.15) is 30.5 Å². The van der Waals surface area contributed by atoms with Crippen LogP contribution in [0.2, 0.25) is 0 Å². The maximum absolute atomic E-state index is 10.0. The Morgan fingerprint density at radius 3 is 2.46 bits per heavy atom. The third-order valence-electron chi connectivity index (χ3n) is 4.09. The second-order valence-corrected chi connectivity index (χ2v) is 6.38. The van der Waals surface area contributed by atoms with Crippen LogP contribution >= 0.6 is 0 Å². The Morgan fingerprint density at radius 1 is 1.18 bits per heavy atom. The zero-order valence-electron chi connectivity index (χ0n) is 17.4. The summed E-state index contributed by atoms with van der Waals surface area (Å²) < 4.78 is 11.3. The number of phenols is 1. The molecule has 0 radical (unpaired) electrons. The van der Waals surface area contributed by atoms with Crippen LogP contribution in [0.3, 0.4) is 0 Å². The fourth-order valence-corrected chi connectivity index (χ4v) is 2.56. The van der Waals surface area contributed by atoms with Crippen molar-refractivity contribution < 1.29 is 19.4 Å². The van der Waals surface area contributed by atoms with Gasteiger partial charge in [0.05, 0.1) is 6.61 Å². The van der Waals surface area contributed by atoms with Crippen molar-refractivity contribution in [3.05, 3.63) is 59.7 Å². The number of hydrogen-bond acceptors (Lipinski definition) is 5. The van der Waals surface area contributed by atoms with Crippen molar-refractivity contribution in [1.82, 2.24) is 4.90 Å². The molecule has 28 heavy (non-hydrogen) atoms. The second-order valence-electron chi connectivity index (χ2n) is 6.38. The number of morpholine rings is 1. The van der Waals surface area contributed by atoms with Crippen LogP contribution in [0.15, 0.2) is 48.5 Å². The predicted molar refractivity (Wildman–Crippen MR) is 113 cm³/mol. The van der Waals surface area contributed by atoms with Crippen LogP contribution in [0.4, 0.5) is 0 Å². The summed E-state index contributed by atoms with van der Waals surface area (Å²) in [6, 6.07) is 14.9. The Bertz CT molecular complexity index is 673. The normalized spacial score (nSPS) is 16.1. The first-order chi connectivity index (χ1) is 13.6. The van der Waals surface area contributed by atoms with Gasteiger partial charge in [0.2, 0.25) is 0 Å². The number of likely N-dealkylation sites (N-methyl/N-ethyl adjacent to an activating group) is 1. The van der Waals surface area contributed by atoms with Crippen LogP contribution in [0.25, 0.3) is 0 Å². The molecule has 1 aliphatic heterocycles. The van der Waals surface area contributed by atoms with Gasteiger partial charge in [-0.05, 0) is 32.2 Å². The number of para-hydroxylation sites is 1. The van der Waals surface area contributed by atoms with Crippen molar-refractivity contribution in [1.29, 1.82) is 0 Å². The van der Waals surface area contributed by atoms with Crippen molar-refractivity contribution in [3.63, 3.8) is 0 Å². The predicted octanol–water partition coefficient (Wildman–Crippen LogP) is 3.86. The van der Waals surface area contributed by atoms with Crippen LogP contribution in [0.1, 0.15) is 25.0 Å². The molecule has 1 fully saturated rings. The minimum Gasteiger partial charge on any atom is -0.508 e. The Morgan fingerprint density at radius 2 is 1.86 bits per heavy atom. The number of aryl methyl sites for hydroxylation is 1. The standard InChI is InChI=1S/C13H19NO2.C8H8O2.C2H6/c1-11-3-5-12(6-4-11)16-10-13-9-14(2)7-8-15-13;9-6-5-7-3-1-2-4-8(7)10;1-2/h3-6,13H,7-10H2,1-2H3;1-4,6,10H,5H2;1-2H3. The number of carbonyl (C=O) groups is 1. The van der Waals surface area contributed by atoms with Gasteiger partial charge in [-0.3, -0.25) is 0 Å². The summed E-state index contributed by atoms with van der Waals surface area (Å²) in [5.74, 6) is 1.11. The smallest absolute Gasteiger partial charge is 0.124 e. The van der Waals surface area contributed by atoms with Crippen molar-refractivity contribution in [2.75, 3.05) is 33.4 Å². The summed E-state index contributed by atoms with van der Waals surface area (Å²) in [4.78, 5) is 12.3. The fourth-order valence-electron chi connectivity index (χ4n) is 2.56. The number of nitrogens with zero attached hydrogens (tertiary/aromatic N) is 1. The molecule has 0 spiro atoms. The molecular weight excluding hydrogens is 354 g/mol. The van der Waals surface area contributed by atoms with E-state index in [0.29, 0.717) is 12.2 Å². The van der Waals surface area contributed by atoms with E-state index < -0.39 is 0 Å². The quantitative estimate of drug-likeness (QED) is 0.790. The van der Waals surface area contributed by atoms with Crippen molar-refractivity contribution in [3.8, 4) is 11.5 Å². The number of aldehydes is 1. The van der Waals surface area contributed by atoms with Gasteiger partial charge in [-0.15, -0.1) is 0 Å². The molecule has 154 valence electrons. The lowest BCUT2D eigenvalue weighted by atomic mass is 10.1. The number of benzene rings is 2. The SMILES string of the molecule is CC.Cc1ccc(OCC2CN(C)CCO2)cc1.O=CCc1ccccc1O. The molecule has 5 nitrogen and oxygen atoms in total. The lowest BCUT2D eigenvalue weighted by molar-refractivity contribution is -0.107. The van der Waals surface area contributed by atoms with Crippen molar-refractivity contribution in [2.24, 2.45) is 0 Å². The molecule has 0 amide bonds. The summed E-state index contributed by atoms with van der Waals surface area (Å²) in [7, 11) is 2.11. The highest BCUT2D eigenvalue weighted by atomic mass is 16.5. The molecule has 0 bridgehead atoms. The number of phenolic OH excluding ortho intramolecular Hbond substituents is 1. The summed E-state index contributed by atoms with van der Waals surface area (Å²) in [6.07, 6.45) is 1.25. The summed E-state index contributed by atoms with van der Waals surface area (Å²) in [6.45, 7) is 9.47. The van der Waals surface area contributed by atoms with E-state index in [0.717, 1.165) is 31.7 Å². The maximum Gasteiger partial charge on any atom is 0.124 e. The zero-order chi connectivity index (χ0) is 20.8. The molecule has 2 aromatic rings. The van der Waals surface area contributed by atoms with Crippen molar-refractivity contribution >= 4 is 6.29 Å². The highest BCUT2D eigenvalue weighted by Crippen LogP contribution is 2.15. The zero-order valence-corrected chi connectivity index (χ0v) is 17.4. The molecule has 0 aromatic heterocycles. The maximum atomic E-state index is 10.0. The van der Waals surface area contributed by atoms with E-state index in [-0.39, 0.29) is 18.3 Å². The Kier molecular flexibility index (Phi) is 11.6. The summed E-state index contributed by atoms with van der Waals surface area (Å²) in [5, 5.41) is 9.08. The van der Waals surface area contributed by atoms with E-state index in [2.05, 4.69) is 31.0 Å². The molecule has 1 unspecified atom stereocenters. The van der Waals surface area contributed by atoms with Gasteiger partial charge in [-0.2, -0.15) is 0 Å². The van der Waals surface area contributed by atoms with Crippen LogP contribution in [0.5, 0.6) is 11.5 Å². The molecule has 5 heteroatoms. The third kappa shape index (κ3) is 9.02. The second kappa shape index (κ2) is 13.7. The van der Waals surface area contributed by atoms with Gasteiger partial charge < -0.3 is 24.3 Å². The van der Waals surface area contributed by atoms with Crippen LogP contribution < -0.4 is 4.74 Å². The molecule has 0 saturated carbocycles. The average molecular weight is 388 g/mol. The van der Waals surface area contributed by atoms with E-state index in [9.17, 15) is 4.79 Å². The van der Waals surface area contributed by atoms with E-state index in [4.69, 9.17) is 14.6 Å². The van der Waals surface area contributed by atoms with E-state index >= 15 is 0 Å². The van der Waals surface area contributed by atoms with E-state index in [1.54, 1.807) is 24.3 Å². The molecular formula is C23H33NO4. The van der Waals surface area contributed by atoms with Gasteiger partial charge in [0, 0.05) is 25.1 Å². The topological polar surface area (TPSA) is 59.0 Å². The first-order valence-corrected chi connectivity index (χ1v) is 9.78. The van der Waals surface area contributed by atoms with Crippen molar-refractivity contribution in [2.45, 2.75) is 33.3 Å². The third-order valence-corrected chi connectivity index (χ3v) is 4.09. The monoisotopic (exact) mass is 387 g/mol. The lowest BCUT2D eigenvalue weighted by Crippen LogP contribution is -2.42. The first kappa shape index (κ1) is 23.7.